The van der Waals surface area contributed by atoms with Gasteiger partial charge in [-0.15, -0.1) is 0 Å². The van der Waals surface area contributed by atoms with E-state index in [1.807, 2.05) is 11.0 Å². The molecule has 0 N–H and O–H groups in total. The van der Waals surface area contributed by atoms with Crippen molar-refractivity contribution in [2.24, 2.45) is 0 Å². The van der Waals surface area contributed by atoms with E-state index in [9.17, 15) is 4.79 Å². The zero-order valence-electron chi connectivity index (χ0n) is 14.0. The Morgan fingerprint density at radius 1 is 1.35 bits per heavy atom. The molecule has 1 atom stereocenters. The number of nitrogens with zero attached hydrogens (tertiary/aromatic N) is 2. The lowest BCUT2D eigenvalue weighted by Crippen LogP contribution is -2.54. The first-order valence-electron chi connectivity index (χ1n) is 8.15. The van der Waals surface area contributed by atoms with E-state index in [1.54, 1.807) is 12.3 Å². The van der Waals surface area contributed by atoms with Gasteiger partial charge in [0.1, 0.15) is 6.26 Å². The zero-order valence-corrected chi connectivity index (χ0v) is 14.0. The molecule has 1 fully saturated rings. The molecule has 1 aliphatic heterocycles. The Morgan fingerprint density at radius 2 is 2.17 bits per heavy atom. The molecule has 0 spiro atoms. The summed E-state index contributed by atoms with van der Waals surface area (Å²) in [5, 5.41) is 0. The Balaban J connectivity index is 1.71. The van der Waals surface area contributed by atoms with Crippen LogP contribution in [0.25, 0.3) is 0 Å². The molecule has 0 saturated carbocycles. The topological polar surface area (TPSA) is 36.7 Å². The number of amides is 1. The van der Waals surface area contributed by atoms with Crippen molar-refractivity contribution in [1.82, 2.24) is 4.90 Å². The standard InChI is InChI=1S/C19H23N2O2/c1-14(2)16-5-4-6-18(11-16)20-8-9-21(15(3)12-20)19(22)17-7-10-23-13-17/h5-7,10-11,13-15H,8-9,12H2,1-3H3/t15-/m0/s1. The number of carbonyl (C=O) groups is 1. The minimum absolute atomic E-state index is 0.0494. The van der Waals surface area contributed by atoms with E-state index < -0.39 is 0 Å². The Hall–Kier alpha value is -2.23. The van der Waals surface area contributed by atoms with Gasteiger partial charge in [-0.25, -0.2) is 0 Å². The third-order valence-electron chi connectivity index (χ3n) is 4.48. The summed E-state index contributed by atoms with van der Waals surface area (Å²) < 4.78 is 5.03. The Morgan fingerprint density at radius 3 is 2.83 bits per heavy atom. The molecule has 2 aromatic rings. The molecule has 1 amide bonds. The van der Waals surface area contributed by atoms with Gasteiger partial charge in [-0.05, 0) is 42.7 Å². The molecule has 0 unspecified atom stereocenters. The molecular formula is C19H23N2O2. The second-order valence-electron chi connectivity index (χ2n) is 6.48. The molecule has 1 aromatic carbocycles. The number of furan rings is 1. The maximum absolute atomic E-state index is 12.5. The monoisotopic (exact) mass is 311 g/mol. The van der Waals surface area contributed by atoms with Gasteiger partial charge in [0.05, 0.1) is 11.8 Å². The van der Waals surface area contributed by atoms with Crippen LogP contribution in [0.5, 0.6) is 0 Å². The first kappa shape index (κ1) is 15.7. The van der Waals surface area contributed by atoms with Crippen LogP contribution in [0.15, 0.2) is 41.2 Å². The summed E-state index contributed by atoms with van der Waals surface area (Å²) in [6, 6.07) is 11.5. The van der Waals surface area contributed by atoms with Crippen molar-refractivity contribution in [3.8, 4) is 0 Å². The molecule has 2 heterocycles. The predicted molar refractivity (Wildman–Crippen MR) is 90.8 cm³/mol. The summed E-state index contributed by atoms with van der Waals surface area (Å²) in [6.07, 6.45) is 3.06. The zero-order chi connectivity index (χ0) is 16.4. The van der Waals surface area contributed by atoms with E-state index in [2.05, 4.69) is 43.9 Å². The van der Waals surface area contributed by atoms with E-state index in [1.165, 1.54) is 17.5 Å². The fourth-order valence-electron chi connectivity index (χ4n) is 3.04. The first-order valence-corrected chi connectivity index (χ1v) is 8.15. The number of piperazine rings is 1. The molecule has 1 aromatic heterocycles. The lowest BCUT2D eigenvalue weighted by Gasteiger charge is -2.41. The van der Waals surface area contributed by atoms with Crippen molar-refractivity contribution < 1.29 is 9.21 Å². The van der Waals surface area contributed by atoms with Gasteiger partial charge >= 0.3 is 0 Å². The second kappa shape index (κ2) is 6.49. The molecule has 1 radical (unpaired) electrons. The highest BCUT2D eigenvalue weighted by Crippen LogP contribution is 2.24. The smallest absolute Gasteiger partial charge is 0.257 e. The van der Waals surface area contributed by atoms with Crippen molar-refractivity contribution in [3.05, 3.63) is 54.0 Å². The van der Waals surface area contributed by atoms with Gasteiger partial charge in [0.25, 0.3) is 5.91 Å². The Bertz CT molecular complexity index is 664. The quantitative estimate of drug-likeness (QED) is 0.870. The summed E-state index contributed by atoms with van der Waals surface area (Å²) in [7, 11) is 0. The highest BCUT2D eigenvalue weighted by molar-refractivity contribution is 5.94. The Kier molecular flexibility index (Phi) is 4.42. The van der Waals surface area contributed by atoms with Crippen LogP contribution in [0.4, 0.5) is 5.69 Å². The maximum Gasteiger partial charge on any atom is 0.257 e. The van der Waals surface area contributed by atoms with Crippen molar-refractivity contribution in [1.29, 1.82) is 0 Å². The van der Waals surface area contributed by atoms with E-state index in [-0.39, 0.29) is 11.9 Å². The molecule has 0 aliphatic carbocycles. The van der Waals surface area contributed by atoms with Gasteiger partial charge in [0.2, 0.25) is 0 Å². The number of hydrogen-bond acceptors (Lipinski definition) is 3. The van der Waals surface area contributed by atoms with Crippen LogP contribution in [0.3, 0.4) is 0 Å². The third kappa shape index (κ3) is 3.26. The van der Waals surface area contributed by atoms with Crippen molar-refractivity contribution >= 4 is 11.6 Å². The van der Waals surface area contributed by atoms with Gasteiger partial charge in [-0.1, -0.05) is 19.9 Å². The molecule has 4 nitrogen and oxygen atoms in total. The van der Waals surface area contributed by atoms with Gasteiger partial charge < -0.3 is 14.2 Å². The molecule has 121 valence electrons. The average Bonchev–Trinajstić information content (AvgIpc) is 3.08. The average molecular weight is 311 g/mol. The summed E-state index contributed by atoms with van der Waals surface area (Å²) in [4.78, 5) is 16.8. The Labute approximate surface area is 137 Å². The van der Waals surface area contributed by atoms with Crippen molar-refractivity contribution in [3.63, 3.8) is 0 Å². The van der Waals surface area contributed by atoms with Gasteiger partial charge in [-0.2, -0.15) is 0 Å². The van der Waals surface area contributed by atoms with E-state index in [0.29, 0.717) is 11.5 Å². The van der Waals surface area contributed by atoms with Crippen LogP contribution < -0.4 is 4.90 Å². The van der Waals surface area contributed by atoms with E-state index >= 15 is 0 Å². The minimum Gasteiger partial charge on any atom is -0.472 e. The number of hydrogen-bond donors (Lipinski definition) is 0. The van der Waals surface area contributed by atoms with Crippen LogP contribution >= 0.6 is 0 Å². The first-order chi connectivity index (χ1) is 11.1. The van der Waals surface area contributed by atoms with E-state index in [4.69, 9.17) is 4.42 Å². The fourth-order valence-corrected chi connectivity index (χ4v) is 3.04. The molecule has 0 bridgehead atoms. The van der Waals surface area contributed by atoms with Crippen LogP contribution in [0.1, 0.15) is 42.6 Å². The summed E-state index contributed by atoms with van der Waals surface area (Å²) in [6.45, 7) is 8.87. The minimum atomic E-state index is 0.0494. The van der Waals surface area contributed by atoms with Crippen LogP contribution in [0.2, 0.25) is 0 Å². The SMILES string of the molecule is CC(C)c1c[c]cc(N2CCN(C(=O)c3ccoc3)[C@@H](C)C2)c1. The summed E-state index contributed by atoms with van der Waals surface area (Å²) in [5.74, 6) is 0.543. The second-order valence-corrected chi connectivity index (χ2v) is 6.48. The predicted octanol–water partition coefficient (Wildman–Crippen LogP) is 3.55. The number of carbonyl (C=O) groups excluding carboxylic acids is 1. The lowest BCUT2D eigenvalue weighted by molar-refractivity contribution is 0.0673. The maximum atomic E-state index is 12.5. The third-order valence-corrected chi connectivity index (χ3v) is 4.48. The molecular weight excluding hydrogens is 288 g/mol. The van der Waals surface area contributed by atoms with E-state index in [0.717, 1.165) is 19.6 Å². The number of benzene rings is 1. The number of anilines is 1. The molecule has 1 aliphatic rings. The molecule has 4 heteroatoms. The normalized spacial score (nSPS) is 18.5. The van der Waals surface area contributed by atoms with Gasteiger partial charge in [0, 0.05) is 31.4 Å². The fraction of sp³-hybridized carbons (Fsp3) is 0.421. The molecule has 3 rings (SSSR count). The molecule has 23 heavy (non-hydrogen) atoms. The number of rotatable bonds is 3. The highest BCUT2D eigenvalue weighted by Gasteiger charge is 2.28. The highest BCUT2D eigenvalue weighted by atomic mass is 16.3. The van der Waals surface area contributed by atoms with Crippen LogP contribution in [-0.4, -0.2) is 36.5 Å². The largest absolute Gasteiger partial charge is 0.472 e. The van der Waals surface area contributed by atoms with Crippen molar-refractivity contribution in [2.45, 2.75) is 32.7 Å². The molecule has 1 saturated heterocycles. The van der Waals surface area contributed by atoms with Gasteiger partial charge in [0.15, 0.2) is 0 Å². The van der Waals surface area contributed by atoms with Crippen LogP contribution in [-0.2, 0) is 0 Å². The lowest BCUT2D eigenvalue weighted by atomic mass is 10.0. The summed E-state index contributed by atoms with van der Waals surface area (Å²) >= 11 is 0. The van der Waals surface area contributed by atoms with Crippen molar-refractivity contribution in [2.75, 3.05) is 24.5 Å². The van der Waals surface area contributed by atoms with Gasteiger partial charge in [-0.3, -0.25) is 4.79 Å². The summed E-state index contributed by atoms with van der Waals surface area (Å²) in [5.41, 5.74) is 3.12. The van der Waals surface area contributed by atoms with Crippen LogP contribution in [0, 0.1) is 6.07 Å².